The first-order chi connectivity index (χ1) is 14.1. The van der Waals surface area contributed by atoms with Gasteiger partial charge in [0.05, 0.1) is 5.39 Å². The number of aromatic nitrogens is 2. The highest BCUT2D eigenvalue weighted by atomic mass is 32.1. The molecule has 1 N–H and O–H groups in total. The second-order valence-electron chi connectivity index (χ2n) is 7.21. The lowest BCUT2D eigenvalue weighted by Crippen LogP contribution is -2.21. The van der Waals surface area contributed by atoms with Crippen molar-refractivity contribution in [1.29, 1.82) is 0 Å². The molecule has 0 bridgehead atoms. The molecule has 2 aromatic carbocycles. The SMILES string of the molecule is CCN(CC)c1ccc(Nc2ncnc3scc(-c4ccc(C)cc4)c23)c(C)c1. The molecule has 0 fully saturated rings. The van der Waals surface area contributed by atoms with Gasteiger partial charge in [0, 0.05) is 35.4 Å². The lowest BCUT2D eigenvalue weighted by Gasteiger charge is -2.22. The van der Waals surface area contributed by atoms with Crippen LogP contribution in [-0.4, -0.2) is 23.1 Å². The summed E-state index contributed by atoms with van der Waals surface area (Å²) in [7, 11) is 0. The lowest BCUT2D eigenvalue weighted by atomic mass is 10.0. The van der Waals surface area contributed by atoms with Gasteiger partial charge in [-0.15, -0.1) is 11.3 Å². The Hall–Kier alpha value is -2.92. The Labute approximate surface area is 176 Å². The quantitative estimate of drug-likeness (QED) is 0.396. The zero-order valence-electron chi connectivity index (χ0n) is 17.4. The van der Waals surface area contributed by atoms with Gasteiger partial charge in [-0.1, -0.05) is 29.8 Å². The monoisotopic (exact) mass is 402 g/mol. The number of fused-ring (bicyclic) bond motifs is 1. The molecule has 148 valence electrons. The average Bonchev–Trinajstić information content (AvgIpc) is 3.16. The summed E-state index contributed by atoms with van der Waals surface area (Å²) in [5, 5.41) is 6.81. The van der Waals surface area contributed by atoms with E-state index in [0.29, 0.717) is 0 Å². The molecule has 0 atom stereocenters. The summed E-state index contributed by atoms with van der Waals surface area (Å²) in [6, 6.07) is 15.2. The molecule has 2 heterocycles. The number of aryl methyl sites for hydroxylation is 2. The van der Waals surface area contributed by atoms with Crippen LogP contribution in [0.4, 0.5) is 17.2 Å². The minimum absolute atomic E-state index is 0.852. The Kier molecular flexibility index (Phi) is 5.49. The van der Waals surface area contributed by atoms with Gasteiger partial charge in [0.2, 0.25) is 0 Å². The minimum atomic E-state index is 0.852. The molecule has 0 radical (unpaired) electrons. The first-order valence-electron chi connectivity index (χ1n) is 10.0. The van der Waals surface area contributed by atoms with E-state index in [4.69, 9.17) is 0 Å². The Bertz CT molecular complexity index is 1130. The summed E-state index contributed by atoms with van der Waals surface area (Å²) in [5.41, 5.74) is 7.14. The zero-order chi connectivity index (χ0) is 20.4. The highest BCUT2D eigenvalue weighted by Gasteiger charge is 2.14. The number of nitrogens with zero attached hydrogens (tertiary/aromatic N) is 3. The van der Waals surface area contributed by atoms with Crippen molar-refractivity contribution in [2.75, 3.05) is 23.3 Å². The molecule has 0 aliphatic rings. The molecule has 2 aromatic heterocycles. The molecule has 5 heteroatoms. The molecule has 0 spiro atoms. The molecule has 0 saturated carbocycles. The average molecular weight is 403 g/mol. The van der Waals surface area contributed by atoms with Crippen molar-refractivity contribution in [3.8, 4) is 11.1 Å². The smallest absolute Gasteiger partial charge is 0.143 e. The summed E-state index contributed by atoms with van der Waals surface area (Å²) < 4.78 is 0. The number of hydrogen-bond acceptors (Lipinski definition) is 5. The molecule has 0 saturated heterocycles. The summed E-state index contributed by atoms with van der Waals surface area (Å²) >= 11 is 1.66. The molecular weight excluding hydrogens is 376 g/mol. The minimum Gasteiger partial charge on any atom is -0.372 e. The van der Waals surface area contributed by atoms with Crippen molar-refractivity contribution in [3.63, 3.8) is 0 Å². The van der Waals surface area contributed by atoms with E-state index in [1.165, 1.54) is 27.9 Å². The van der Waals surface area contributed by atoms with Gasteiger partial charge in [0.1, 0.15) is 17.0 Å². The lowest BCUT2D eigenvalue weighted by molar-refractivity contribution is 0.866. The van der Waals surface area contributed by atoms with Gasteiger partial charge in [0.15, 0.2) is 0 Å². The largest absolute Gasteiger partial charge is 0.372 e. The molecule has 4 aromatic rings. The number of anilines is 3. The predicted molar refractivity (Wildman–Crippen MR) is 126 cm³/mol. The van der Waals surface area contributed by atoms with E-state index in [9.17, 15) is 0 Å². The van der Waals surface area contributed by atoms with Gasteiger partial charge in [-0.25, -0.2) is 9.97 Å². The second kappa shape index (κ2) is 8.21. The van der Waals surface area contributed by atoms with Crippen molar-refractivity contribution in [2.45, 2.75) is 27.7 Å². The van der Waals surface area contributed by atoms with Crippen LogP contribution in [0.2, 0.25) is 0 Å². The molecule has 0 aliphatic heterocycles. The molecule has 4 nitrogen and oxygen atoms in total. The third-order valence-corrected chi connectivity index (χ3v) is 6.21. The second-order valence-corrected chi connectivity index (χ2v) is 8.07. The molecule has 29 heavy (non-hydrogen) atoms. The number of thiophene rings is 1. The van der Waals surface area contributed by atoms with Crippen molar-refractivity contribution in [2.24, 2.45) is 0 Å². The summed E-state index contributed by atoms with van der Waals surface area (Å²) in [6.45, 7) is 10.6. The number of hydrogen-bond donors (Lipinski definition) is 1. The van der Waals surface area contributed by atoms with Crippen LogP contribution >= 0.6 is 11.3 Å². The fourth-order valence-corrected chi connectivity index (χ4v) is 4.53. The van der Waals surface area contributed by atoms with Crippen LogP contribution in [-0.2, 0) is 0 Å². The maximum Gasteiger partial charge on any atom is 0.143 e. The van der Waals surface area contributed by atoms with Crippen LogP contribution < -0.4 is 10.2 Å². The fraction of sp³-hybridized carbons (Fsp3) is 0.250. The van der Waals surface area contributed by atoms with Crippen molar-refractivity contribution in [3.05, 3.63) is 65.3 Å². The third kappa shape index (κ3) is 3.83. The Morgan fingerprint density at radius 3 is 2.41 bits per heavy atom. The highest BCUT2D eigenvalue weighted by molar-refractivity contribution is 7.17. The van der Waals surface area contributed by atoms with E-state index in [2.05, 4.69) is 95.7 Å². The summed E-state index contributed by atoms with van der Waals surface area (Å²) in [5.74, 6) is 0.852. The molecular formula is C24H26N4S. The van der Waals surface area contributed by atoms with E-state index >= 15 is 0 Å². The van der Waals surface area contributed by atoms with Crippen molar-refractivity contribution >= 4 is 38.7 Å². The first kappa shape index (κ1) is 19.4. The Morgan fingerprint density at radius 1 is 0.966 bits per heavy atom. The van der Waals surface area contributed by atoms with Crippen LogP contribution in [0.3, 0.4) is 0 Å². The van der Waals surface area contributed by atoms with Gasteiger partial charge in [-0.3, -0.25) is 0 Å². The molecule has 0 amide bonds. The predicted octanol–water partition coefficient (Wildman–Crippen LogP) is 6.56. The Morgan fingerprint density at radius 2 is 1.72 bits per heavy atom. The molecule has 0 aliphatic carbocycles. The normalized spacial score (nSPS) is 11.0. The maximum atomic E-state index is 4.58. The topological polar surface area (TPSA) is 41.0 Å². The van der Waals surface area contributed by atoms with Crippen molar-refractivity contribution < 1.29 is 0 Å². The first-order valence-corrected chi connectivity index (χ1v) is 10.9. The van der Waals surface area contributed by atoms with Gasteiger partial charge < -0.3 is 10.2 Å². The fourth-order valence-electron chi connectivity index (χ4n) is 3.62. The third-order valence-electron chi connectivity index (χ3n) is 5.32. The van der Waals surface area contributed by atoms with Crippen molar-refractivity contribution in [1.82, 2.24) is 9.97 Å². The Balaban J connectivity index is 1.73. The van der Waals surface area contributed by atoms with E-state index in [-0.39, 0.29) is 0 Å². The molecule has 4 rings (SSSR count). The van der Waals surface area contributed by atoms with Gasteiger partial charge in [-0.2, -0.15) is 0 Å². The highest BCUT2D eigenvalue weighted by Crippen LogP contribution is 2.38. The van der Waals surface area contributed by atoms with Crippen LogP contribution in [0, 0.1) is 13.8 Å². The van der Waals surface area contributed by atoms with Gasteiger partial charge >= 0.3 is 0 Å². The zero-order valence-corrected chi connectivity index (χ0v) is 18.2. The maximum absolute atomic E-state index is 4.58. The van der Waals surface area contributed by atoms with E-state index in [0.717, 1.165) is 34.8 Å². The number of benzene rings is 2. The van der Waals surface area contributed by atoms with Crippen LogP contribution in [0.15, 0.2) is 54.2 Å². The van der Waals surface area contributed by atoms with E-state index in [1.807, 2.05) is 0 Å². The van der Waals surface area contributed by atoms with E-state index in [1.54, 1.807) is 17.7 Å². The van der Waals surface area contributed by atoms with Gasteiger partial charge in [-0.05, 0) is 57.0 Å². The number of rotatable bonds is 6. The summed E-state index contributed by atoms with van der Waals surface area (Å²) in [4.78, 5) is 12.4. The molecule has 0 unspecified atom stereocenters. The van der Waals surface area contributed by atoms with Crippen LogP contribution in [0.5, 0.6) is 0 Å². The van der Waals surface area contributed by atoms with E-state index < -0.39 is 0 Å². The number of nitrogens with one attached hydrogen (secondary N) is 1. The standard InChI is InChI=1S/C24H26N4S/c1-5-28(6-2)19-11-12-21(17(4)13-19)27-23-22-20(14-29-24(22)26-15-25-23)18-9-7-16(3)8-10-18/h7-15H,5-6H2,1-4H3,(H,25,26,27). The van der Waals surface area contributed by atoms with Crippen LogP contribution in [0.25, 0.3) is 21.3 Å². The van der Waals surface area contributed by atoms with Gasteiger partial charge in [0.25, 0.3) is 0 Å². The van der Waals surface area contributed by atoms with Crippen LogP contribution in [0.1, 0.15) is 25.0 Å². The summed E-state index contributed by atoms with van der Waals surface area (Å²) in [6.07, 6.45) is 1.64.